The van der Waals surface area contributed by atoms with Crippen LogP contribution in [0.5, 0.6) is 0 Å². The highest BCUT2D eigenvalue weighted by Crippen LogP contribution is 2.09. The van der Waals surface area contributed by atoms with Gasteiger partial charge in [0.1, 0.15) is 12.1 Å². The van der Waals surface area contributed by atoms with E-state index in [4.69, 9.17) is 11.6 Å². The molecule has 0 saturated heterocycles. The summed E-state index contributed by atoms with van der Waals surface area (Å²) in [7, 11) is 0. The number of pyridine rings is 1. The zero-order valence-corrected chi connectivity index (χ0v) is 10.5. The van der Waals surface area contributed by atoms with Crippen LogP contribution in [0.15, 0.2) is 29.5 Å². The molecule has 0 radical (unpaired) electrons. The number of halogens is 1. The zero-order valence-electron chi connectivity index (χ0n) is 9.79. The number of aromatic nitrogens is 4. The summed E-state index contributed by atoms with van der Waals surface area (Å²) in [6.45, 7) is 1.31. The van der Waals surface area contributed by atoms with E-state index in [0.717, 1.165) is 4.57 Å². The van der Waals surface area contributed by atoms with E-state index >= 15 is 0 Å². The lowest BCUT2D eigenvalue weighted by molar-refractivity contribution is -0.118. The maximum Gasteiger partial charge on any atom is 0.357 e. The molecule has 2 N–H and O–H groups in total. The smallest absolute Gasteiger partial charge is 0.274 e. The molecule has 0 fully saturated rings. The minimum absolute atomic E-state index is 0.0153. The van der Waals surface area contributed by atoms with Crippen molar-refractivity contribution in [2.24, 2.45) is 0 Å². The molecule has 0 saturated carbocycles. The van der Waals surface area contributed by atoms with Crippen LogP contribution >= 0.6 is 11.6 Å². The number of amides is 1. The Morgan fingerprint density at radius 3 is 2.84 bits per heavy atom. The molecule has 1 amide bonds. The van der Waals surface area contributed by atoms with Gasteiger partial charge < -0.3 is 0 Å². The first kappa shape index (κ1) is 13.0. The summed E-state index contributed by atoms with van der Waals surface area (Å²) >= 11 is 5.81. The van der Waals surface area contributed by atoms with Crippen molar-refractivity contribution in [2.45, 2.75) is 6.92 Å². The van der Waals surface area contributed by atoms with Gasteiger partial charge in [-0.15, -0.1) is 0 Å². The fourth-order valence-corrected chi connectivity index (χ4v) is 1.38. The first-order chi connectivity index (χ1) is 9.06. The molecule has 2 aromatic rings. The Kier molecular flexibility index (Phi) is 3.71. The number of nitrogens with zero attached hydrogens (tertiary/aromatic N) is 4. The highest BCUT2D eigenvalue weighted by atomic mass is 35.5. The Morgan fingerprint density at radius 1 is 1.42 bits per heavy atom. The average Bonchev–Trinajstić information content (AvgIpc) is 2.36. The van der Waals surface area contributed by atoms with E-state index in [1.54, 1.807) is 6.07 Å². The molecule has 0 aliphatic rings. The summed E-state index contributed by atoms with van der Waals surface area (Å²) in [6, 6.07) is 3.09. The number of nitrogens with one attached hydrogen (secondary N) is 2. The lowest BCUT2D eigenvalue weighted by Gasteiger charge is -2.06. The first-order valence-electron chi connectivity index (χ1n) is 5.16. The fourth-order valence-electron chi connectivity index (χ4n) is 1.22. The predicted octanol–water partition coefficient (Wildman–Crippen LogP) is 0.139. The number of carbonyl (C=O) groups is 1. The van der Waals surface area contributed by atoms with E-state index in [2.05, 4.69) is 25.8 Å². The van der Waals surface area contributed by atoms with E-state index in [0.29, 0.717) is 10.8 Å². The molecule has 9 heteroatoms. The summed E-state index contributed by atoms with van der Waals surface area (Å²) in [5, 5.41) is 0.442. The van der Waals surface area contributed by atoms with Gasteiger partial charge in [0.25, 0.3) is 0 Å². The summed E-state index contributed by atoms with van der Waals surface area (Å²) in [5.74, 6) is -0.0358. The number of hydrazine groups is 1. The Balaban J connectivity index is 2.29. The Labute approximate surface area is 112 Å². The maximum absolute atomic E-state index is 11.8. The third kappa shape index (κ3) is 3.26. The van der Waals surface area contributed by atoms with E-state index in [1.807, 2.05) is 0 Å². The summed E-state index contributed by atoms with van der Waals surface area (Å²) in [6.07, 6.45) is 2.70. The predicted molar refractivity (Wildman–Crippen MR) is 67.9 cm³/mol. The second kappa shape index (κ2) is 5.44. The van der Waals surface area contributed by atoms with Crippen LogP contribution in [0.3, 0.4) is 0 Å². The van der Waals surface area contributed by atoms with Gasteiger partial charge in [0.15, 0.2) is 0 Å². The maximum atomic E-state index is 11.8. The topological polar surface area (TPSA) is 102 Å². The molecule has 19 heavy (non-hydrogen) atoms. The molecular formula is C10H9ClN6O2. The molecule has 2 aromatic heterocycles. The quantitative estimate of drug-likeness (QED) is 0.776. The van der Waals surface area contributed by atoms with Crippen LogP contribution < -0.4 is 16.5 Å². The third-order valence-electron chi connectivity index (χ3n) is 2.01. The van der Waals surface area contributed by atoms with Gasteiger partial charge in [-0.3, -0.25) is 15.6 Å². The van der Waals surface area contributed by atoms with Crippen molar-refractivity contribution < 1.29 is 4.79 Å². The van der Waals surface area contributed by atoms with Gasteiger partial charge in [-0.05, 0) is 6.07 Å². The lowest BCUT2D eigenvalue weighted by Crippen LogP contribution is -2.31. The summed E-state index contributed by atoms with van der Waals surface area (Å²) in [5.41, 5.74) is 4.05. The molecule has 0 spiro atoms. The highest BCUT2D eigenvalue weighted by molar-refractivity contribution is 6.30. The molecule has 0 aliphatic heterocycles. The zero-order chi connectivity index (χ0) is 13.8. The highest BCUT2D eigenvalue weighted by Gasteiger charge is 2.05. The Bertz CT molecular complexity index is 671. The van der Waals surface area contributed by atoms with Crippen molar-refractivity contribution in [3.05, 3.63) is 40.2 Å². The van der Waals surface area contributed by atoms with Crippen LogP contribution in [-0.2, 0) is 4.79 Å². The minimum Gasteiger partial charge on any atom is -0.274 e. The Hall–Kier alpha value is -2.48. The van der Waals surface area contributed by atoms with Crippen molar-refractivity contribution in [2.75, 3.05) is 5.43 Å². The van der Waals surface area contributed by atoms with Crippen molar-refractivity contribution in [1.29, 1.82) is 0 Å². The number of rotatable bonds is 3. The Morgan fingerprint density at radius 2 is 2.21 bits per heavy atom. The van der Waals surface area contributed by atoms with Gasteiger partial charge in [0.05, 0.1) is 0 Å². The second-order valence-electron chi connectivity index (χ2n) is 3.47. The molecular weight excluding hydrogens is 272 g/mol. The third-order valence-corrected chi connectivity index (χ3v) is 2.24. The average molecular weight is 281 g/mol. The minimum atomic E-state index is -0.599. The molecule has 0 aliphatic carbocycles. The van der Waals surface area contributed by atoms with Crippen molar-refractivity contribution in [1.82, 2.24) is 24.9 Å². The van der Waals surface area contributed by atoms with Gasteiger partial charge in [-0.1, -0.05) is 11.6 Å². The SMILES string of the molecule is CC(=O)NNc1ncn(-c2cc(Cl)ccn2)c(=O)n1. The van der Waals surface area contributed by atoms with Crippen molar-refractivity contribution in [3.63, 3.8) is 0 Å². The molecule has 0 unspecified atom stereocenters. The number of carbonyl (C=O) groups excluding carboxylic acids is 1. The standard InChI is InChI=1S/C10H9ClN6O2/c1-6(18)15-16-9-13-5-17(10(19)14-9)8-4-7(11)2-3-12-8/h2-5H,1H3,(H,15,18)(H,14,16,19). The second-order valence-corrected chi connectivity index (χ2v) is 3.91. The van der Waals surface area contributed by atoms with Gasteiger partial charge in [0.2, 0.25) is 11.9 Å². The van der Waals surface area contributed by atoms with E-state index in [1.165, 1.54) is 25.5 Å². The van der Waals surface area contributed by atoms with Crippen molar-refractivity contribution in [3.8, 4) is 5.82 Å². The molecule has 8 nitrogen and oxygen atoms in total. The largest absolute Gasteiger partial charge is 0.357 e. The monoisotopic (exact) mass is 280 g/mol. The lowest BCUT2D eigenvalue weighted by atomic mass is 10.4. The van der Waals surface area contributed by atoms with E-state index in [9.17, 15) is 9.59 Å². The number of hydrogen-bond acceptors (Lipinski definition) is 6. The molecule has 0 atom stereocenters. The van der Waals surface area contributed by atoms with Gasteiger partial charge >= 0.3 is 5.69 Å². The van der Waals surface area contributed by atoms with Crippen LogP contribution in [-0.4, -0.2) is 25.4 Å². The van der Waals surface area contributed by atoms with Crippen molar-refractivity contribution >= 4 is 23.5 Å². The number of hydrogen-bond donors (Lipinski definition) is 2. The molecule has 2 heterocycles. The summed E-state index contributed by atoms with van der Waals surface area (Å²) in [4.78, 5) is 33.9. The summed E-state index contributed by atoms with van der Waals surface area (Å²) < 4.78 is 1.13. The van der Waals surface area contributed by atoms with E-state index < -0.39 is 5.69 Å². The van der Waals surface area contributed by atoms with Gasteiger partial charge in [-0.25, -0.2) is 19.3 Å². The molecule has 0 aromatic carbocycles. The number of anilines is 1. The van der Waals surface area contributed by atoms with Crippen LogP contribution in [0, 0.1) is 0 Å². The molecule has 98 valence electrons. The normalized spacial score (nSPS) is 10.0. The van der Waals surface area contributed by atoms with Crippen LogP contribution in [0.2, 0.25) is 5.02 Å². The van der Waals surface area contributed by atoms with Crippen LogP contribution in [0.4, 0.5) is 5.95 Å². The van der Waals surface area contributed by atoms with E-state index in [-0.39, 0.29) is 11.9 Å². The fraction of sp³-hybridized carbons (Fsp3) is 0.100. The molecule has 2 rings (SSSR count). The molecule has 0 bridgehead atoms. The first-order valence-corrected chi connectivity index (χ1v) is 5.54. The van der Waals surface area contributed by atoms with Gasteiger partial charge in [0, 0.05) is 24.2 Å². The van der Waals surface area contributed by atoms with Gasteiger partial charge in [-0.2, -0.15) is 4.98 Å². The van der Waals surface area contributed by atoms with Crippen LogP contribution in [0.1, 0.15) is 6.92 Å². The van der Waals surface area contributed by atoms with Crippen LogP contribution in [0.25, 0.3) is 5.82 Å².